The van der Waals surface area contributed by atoms with Crippen LogP contribution < -0.4 is 5.73 Å². The van der Waals surface area contributed by atoms with Crippen molar-refractivity contribution < 1.29 is 26.4 Å². The van der Waals surface area contributed by atoms with Crippen LogP contribution in [-0.4, -0.2) is 68.2 Å². The van der Waals surface area contributed by atoms with E-state index in [2.05, 4.69) is 0 Å². The third-order valence-corrected chi connectivity index (χ3v) is 5.61. The third-order valence-electron chi connectivity index (χ3n) is 4.33. The summed E-state index contributed by atoms with van der Waals surface area (Å²) < 4.78 is 61.8. The number of likely N-dealkylation sites (tertiary alicyclic amines) is 1. The molecular weight excluding hydrogens is 359 g/mol. The summed E-state index contributed by atoms with van der Waals surface area (Å²) in [5.74, 6) is -0.0204. The number of carbonyl (C=O) groups excluding carboxylic acids is 1. The third kappa shape index (κ3) is 8.37. The minimum Gasteiger partial charge on any atom is -0.343 e. The van der Waals surface area contributed by atoms with Crippen molar-refractivity contribution in [3.63, 3.8) is 0 Å². The van der Waals surface area contributed by atoms with Gasteiger partial charge in [0.1, 0.15) is 6.54 Å². The SMILES string of the molecule is CS(=O)(=O)N(CC(F)(F)F)C1CCN(C(=O)CCCCCCN)CC1. The molecule has 0 spiro atoms. The molecule has 148 valence electrons. The minimum atomic E-state index is -4.58. The second-order valence-electron chi connectivity index (χ2n) is 6.49. The number of sulfonamides is 1. The first kappa shape index (κ1) is 22.2. The van der Waals surface area contributed by atoms with Gasteiger partial charge in [0.05, 0.1) is 6.26 Å². The summed E-state index contributed by atoms with van der Waals surface area (Å²) in [4.78, 5) is 13.7. The number of rotatable bonds is 9. The van der Waals surface area contributed by atoms with Crippen LogP contribution in [-0.2, 0) is 14.8 Å². The second-order valence-corrected chi connectivity index (χ2v) is 8.42. The highest BCUT2D eigenvalue weighted by atomic mass is 32.2. The Hall–Kier alpha value is -0.870. The number of nitrogens with zero attached hydrogens (tertiary/aromatic N) is 2. The van der Waals surface area contributed by atoms with Crippen LogP contribution in [0.1, 0.15) is 44.9 Å². The second kappa shape index (κ2) is 9.72. The maximum Gasteiger partial charge on any atom is 0.402 e. The molecule has 1 aliphatic rings. The van der Waals surface area contributed by atoms with Crippen LogP contribution in [0.15, 0.2) is 0 Å². The van der Waals surface area contributed by atoms with Gasteiger partial charge in [-0.2, -0.15) is 17.5 Å². The van der Waals surface area contributed by atoms with E-state index in [0.29, 0.717) is 17.3 Å². The van der Waals surface area contributed by atoms with Crippen LogP contribution in [0.5, 0.6) is 0 Å². The number of hydrogen-bond acceptors (Lipinski definition) is 4. The molecule has 2 N–H and O–H groups in total. The highest BCUT2D eigenvalue weighted by Crippen LogP contribution is 2.25. The number of hydrogen-bond donors (Lipinski definition) is 1. The highest BCUT2D eigenvalue weighted by Gasteiger charge is 2.39. The molecule has 1 amide bonds. The van der Waals surface area contributed by atoms with Crippen molar-refractivity contribution in [2.45, 2.75) is 57.2 Å². The Bertz CT molecular complexity index is 518. The molecule has 0 bridgehead atoms. The number of alkyl halides is 3. The Balaban J connectivity index is 2.49. The lowest BCUT2D eigenvalue weighted by Gasteiger charge is -2.37. The average Bonchev–Trinajstić information content (AvgIpc) is 2.50. The van der Waals surface area contributed by atoms with E-state index < -0.39 is 28.8 Å². The Labute approximate surface area is 147 Å². The van der Waals surface area contributed by atoms with Gasteiger partial charge in [-0.1, -0.05) is 12.8 Å². The monoisotopic (exact) mass is 387 g/mol. The predicted octanol–water partition coefficient (Wildman–Crippen LogP) is 1.71. The van der Waals surface area contributed by atoms with Crippen molar-refractivity contribution >= 4 is 15.9 Å². The predicted molar refractivity (Wildman–Crippen MR) is 89.3 cm³/mol. The standard InChI is InChI=1S/C15H28F3N3O3S/c1-25(23,24)21(12-15(16,17)18)13-7-10-20(11-8-13)14(22)6-4-2-3-5-9-19/h13H,2-12,19H2,1H3. The Morgan fingerprint density at radius 2 is 1.72 bits per heavy atom. The zero-order valence-corrected chi connectivity index (χ0v) is 15.4. The fourth-order valence-corrected chi connectivity index (χ4v) is 4.16. The van der Waals surface area contributed by atoms with Crippen LogP contribution in [0.25, 0.3) is 0 Å². The lowest BCUT2D eigenvalue weighted by molar-refractivity contribution is -0.143. The molecule has 10 heteroatoms. The van der Waals surface area contributed by atoms with Crippen molar-refractivity contribution in [2.24, 2.45) is 5.73 Å². The molecule has 0 aromatic rings. The molecule has 0 aliphatic carbocycles. The van der Waals surface area contributed by atoms with Gasteiger partial charge in [0, 0.05) is 25.6 Å². The molecule has 1 saturated heterocycles. The van der Waals surface area contributed by atoms with Gasteiger partial charge in [-0.05, 0) is 32.2 Å². The Morgan fingerprint density at radius 3 is 2.20 bits per heavy atom. The zero-order valence-electron chi connectivity index (χ0n) is 14.6. The van der Waals surface area contributed by atoms with Gasteiger partial charge in [0.25, 0.3) is 0 Å². The van der Waals surface area contributed by atoms with E-state index in [1.54, 1.807) is 4.90 Å². The van der Waals surface area contributed by atoms with Gasteiger partial charge >= 0.3 is 6.18 Å². The summed E-state index contributed by atoms with van der Waals surface area (Å²) in [6.07, 6.45) is 0.663. The van der Waals surface area contributed by atoms with E-state index in [4.69, 9.17) is 5.73 Å². The smallest absolute Gasteiger partial charge is 0.343 e. The number of amides is 1. The van der Waals surface area contributed by atoms with Crippen LogP contribution in [0.3, 0.4) is 0 Å². The lowest BCUT2D eigenvalue weighted by Crippen LogP contribution is -2.51. The van der Waals surface area contributed by atoms with E-state index in [1.807, 2.05) is 0 Å². The van der Waals surface area contributed by atoms with Crippen molar-refractivity contribution in [3.8, 4) is 0 Å². The summed E-state index contributed by atoms with van der Waals surface area (Å²) in [6.45, 7) is -0.270. The number of unbranched alkanes of at least 4 members (excludes halogenated alkanes) is 3. The Morgan fingerprint density at radius 1 is 1.16 bits per heavy atom. The summed E-state index contributed by atoms with van der Waals surface area (Å²) in [7, 11) is -3.96. The molecule has 1 rings (SSSR count). The van der Waals surface area contributed by atoms with Gasteiger partial charge in [-0.25, -0.2) is 8.42 Å². The maximum atomic E-state index is 12.6. The molecule has 0 aromatic carbocycles. The van der Waals surface area contributed by atoms with E-state index >= 15 is 0 Å². The number of carbonyl (C=O) groups is 1. The number of piperidine rings is 1. The van der Waals surface area contributed by atoms with Crippen LogP contribution >= 0.6 is 0 Å². The molecule has 0 unspecified atom stereocenters. The first-order valence-corrected chi connectivity index (χ1v) is 10.4. The molecule has 6 nitrogen and oxygen atoms in total. The number of nitrogens with two attached hydrogens (primary N) is 1. The molecule has 1 aliphatic heterocycles. The van der Waals surface area contributed by atoms with E-state index in [9.17, 15) is 26.4 Å². The summed E-state index contributed by atoms with van der Waals surface area (Å²) >= 11 is 0. The summed E-state index contributed by atoms with van der Waals surface area (Å²) in [6, 6.07) is -0.717. The molecule has 1 heterocycles. The van der Waals surface area contributed by atoms with Crippen molar-refractivity contribution in [3.05, 3.63) is 0 Å². The van der Waals surface area contributed by atoms with Gasteiger partial charge in [0.2, 0.25) is 15.9 Å². The molecule has 0 radical (unpaired) electrons. The zero-order chi connectivity index (χ0) is 19.1. The molecular formula is C15H28F3N3O3S. The van der Waals surface area contributed by atoms with Crippen molar-refractivity contribution in [1.82, 2.24) is 9.21 Å². The van der Waals surface area contributed by atoms with Crippen LogP contribution in [0.4, 0.5) is 13.2 Å². The van der Waals surface area contributed by atoms with Crippen molar-refractivity contribution in [1.29, 1.82) is 0 Å². The van der Waals surface area contributed by atoms with Gasteiger partial charge in [0.15, 0.2) is 0 Å². The maximum absolute atomic E-state index is 12.6. The van der Waals surface area contributed by atoms with E-state index in [1.165, 1.54) is 0 Å². The molecule has 0 aromatic heterocycles. The van der Waals surface area contributed by atoms with Crippen molar-refractivity contribution in [2.75, 3.05) is 32.4 Å². The van der Waals surface area contributed by atoms with Crippen LogP contribution in [0, 0.1) is 0 Å². The molecule has 0 saturated carbocycles. The van der Waals surface area contributed by atoms with E-state index in [-0.39, 0.29) is 31.8 Å². The highest BCUT2D eigenvalue weighted by molar-refractivity contribution is 7.88. The largest absolute Gasteiger partial charge is 0.402 e. The first-order valence-electron chi connectivity index (χ1n) is 8.56. The van der Waals surface area contributed by atoms with E-state index in [0.717, 1.165) is 31.9 Å². The molecule has 25 heavy (non-hydrogen) atoms. The molecule has 1 fully saturated rings. The van der Waals surface area contributed by atoms with Gasteiger partial charge in [-0.3, -0.25) is 4.79 Å². The van der Waals surface area contributed by atoms with Gasteiger partial charge < -0.3 is 10.6 Å². The molecule has 0 atom stereocenters. The quantitative estimate of drug-likeness (QED) is 0.611. The fraction of sp³-hybridized carbons (Fsp3) is 0.933. The summed E-state index contributed by atoms with van der Waals surface area (Å²) in [5.41, 5.74) is 5.40. The normalized spacial score (nSPS) is 17.3. The first-order chi connectivity index (χ1) is 11.5. The topological polar surface area (TPSA) is 83.7 Å². The Kier molecular flexibility index (Phi) is 8.62. The lowest BCUT2D eigenvalue weighted by atomic mass is 10.0. The van der Waals surface area contributed by atoms with Crippen LogP contribution in [0.2, 0.25) is 0 Å². The minimum absolute atomic E-state index is 0.0204. The summed E-state index contributed by atoms with van der Waals surface area (Å²) in [5, 5.41) is 0. The fourth-order valence-electron chi connectivity index (χ4n) is 3.03. The average molecular weight is 387 g/mol. The van der Waals surface area contributed by atoms with Gasteiger partial charge in [-0.15, -0.1) is 0 Å². The number of halogens is 3.